The Hall–Kier alpha value is -2.82. The monoisotopic (exact) mass is 339 g/mol. The van der Waals surface area contributed by atoms with Gasteiger partial charge in [0.2, 0.25) is 5.91 Å². The molecule has 2 aromatic rings. The topological polar surface area (TPSA) is 70.2 Å². The fourth-order valence-corrected chi connectivity index (χ4v) is 2.37. The molecule has 0 bridgehead atoms. The van der Waals surface area contributed by atoms with Gasteiger partial charge in [-0.2, -0.15) is 0 Å². The van der Waals surface area contributed by atoms with Crippen LogP contribution in [0.25, 0.3) is 0 Å². The summed E-state index contributed by atoms with van der Waals surface area (Å²) in [5, 5.41) is 8.63. The van der Waals surface area contributed by atoms with Crippen LogP contribution < -0.4 is 16.0 Å². The van der Waals surface area contributed by atoms with Gasteiger partial charge >= 0.3 is 0 Å². The molecule has 0 radical (unpaired) electrons. The van der Waals surface area contributed by atoms with Gasteiger partial charge in [-0.05, 0) is 48.7 Å². The van der Waals surface area contributed by atoms with E-state index in [0.29, 0.717) is 23.7 Å². The van der Waals surface area contributed by atoms with Gasteiger partial charge < -0.3 is 16.0 Å². The number of hydrogen-bond donors (Lipinski definition) is 3. The number of anilines is 2. The third-order valence-electron chi connectivity index (χ3n) is 3.78. The van der Waals surface area contributed by atoms with E-state index < -0.39 is 0 Å². The second-order valence-corrected chi connectivity index (χ2v) is 6.12. The highest BCUT2D eigenvalue weighted by molar-refractivity contribution is 5.98. The Bertz CT molecular complexity index is 724. The van der Waals surface area contributed by atoms with Crippen LogP contribution in [0.5, 0.6) is 0 Å². The van der Waals surface area contributed by atoms with Gasteiger partial charge in [-0.15, -0.1) is 0 Å². The molecule has 132 valence electrons. The predicted octanol–water partition coefficient (Wildman–Crippen LogP) is 3.61. The fraction of sp³-hybridized carbons (Fsp3) is 0.300. The SMILES string of the molecule is CCNC(=O)c1cccc(NC(=O)CNc2ccc(C(C)C)cc2)c1. The first-order valence-corrected chi connectivity index (χ1v) is 8.51. The minimum Gasteiger partial charge on any atom is -0.376 e. The van der Waals surface area contributed by atoms with Crippen molar-refractivity contribution in [2.75, 3.05) is 23.7 Å². The molecule has 0 aliphatic rings. The quantitative estimate of drug-likeness (QED) is 0.722. The van der Waals surface area contributed by atoms with Crippen molar-refractivity contribution < 1.29 is 9.59 Å². The van der Waals surface area contributed by atoms with Gasteiger partial charge in [0.25, 0.3) is 5.91 Å². The molecule has 0 aromatic heterocycles. The molecular weight excluding hydrogens is 314 g/mol. The molecule has 0 aliphatic carbocycles. The first kappa shape index (κ1) is 18.5. The lowest BCUT2D eigenvalue weighted by atomic mass is 10.0. The minimum atomic E-state index is -0.166. The lowest BCUT2D eigenvalue weighted by Crippen LogP contribution is -2.24. The van der Waals surface area contributed by atoms with Crippen molar-refractivity contribution in [3.63, 3.8) is 0 Å². The molecule has 25 heavy (non-hydrogen) atoms. The maximum atomic E-state index is 12.1. The lowest BCUT2D eigenvalue weighted by molar-refractivity contribution is -0.114. The molecule has 5 nitrogen and oxygen atoms in total. The van der Waals surface area contributed by atoms with Crippen molar-refractivity contribution >= 4 is 23.2 Å². The molecular formula is C20H25N3O2. The van der Waals surface area contributed by atoms with Crippen LogP contribution in [-0.4, -0.2) is 24.9 Å². The van der Waals surface area contributed by atoms with E-state index in [2.05, 4.69) is 41.9 Å². The Morgan fingerprint density at radius 3 is 2.36 bits per heavy atom. The fourth-order valence-electron chi connectivity index (χ4n) is 2.37. The van der Waals surface area contributed by atoms with Gasteiger partial charge in [-0.3, -0.25) is 9.59 Å². The number of hydrogen-bond acceptors (Lipinski definition) is 3. The molecule has 2 amide bonds. The standard InChI is InChI=1S/C20H25N3O2/c1-4-21-20(25)16-6-5-7-18(12-16)23-19(24)13-22-17-10-8-15(9-11-17)14(2)3/h5-12,14,22H,4,13H2,1-3H3,(H,21,25)(H,23,24). The minimum absolute atomic E-state index is 0.151. The normalized spacial score (nSPS) is 10.4. The van der Waals surface area contributed by atoms with Crippen LogP contribution in [0.2, 0.25) is 0 Å². The molecule has 0 atom stereocenters. The number of carbonyl (C=O) groups excluding carboxylic acids is 2. The van der Waals surface area contributed by atoms with E-state index in [1.165, 1.54) is 5.56 Å². The Balaban J connectivity index is 1.89. The summed E-state index contributed by atoms with van der Waals surface area (Å²) in [5.74, 6) is 0.164. The van der Waals surface area contributed by atoms with E-state index in [0.717, 1.165) is 5.69 Å². The zero-order valence-electron chi connectivity index (χ0n) is 14.9. The Labute approximate surface area is 148 Å². The highest BCUT2D eigenvalue weighted by Gasteiger charge is 2.07. The molecule has 0 aliphatic heterocycles. The number of rotatable bonds is 7. The smallest absolute Gasteiger partial charge is 0.251 e. The summed E-state index contributed by atoms with van der Waals surface area (Å²) in [7, 11) is 0. The largest absolute Gasteiger partial charge is 0.376 e. The van der Waals surface area contributed by atoms with E-state index in [4.69, 9.17) is 0 Å². The van der Waals surface area contributed by atoms with Gasteiger partial charge in [0.1, 0.15) is 0 Å². The molecule has 5 heteroatoms. The van der Waals surface area contributed by atoms with Crippen molar-refractivity contribution in [2.45, 2.75) is 26.7 Å². The number of nitrogens with one attached hydrogen (secondary N) is 3. The average molecular weight is 339 g/mol. The van der Waals surface area contributed by atoms with Crippen LogP contribution in [-0.2, 0) is 4.79 Å². The Morgan fingerprint density at radius 1 is 1.00 bits per heavy atom. The van der Waals surface area contributed by atoms with Crippen LogP contribution in [0.1, 0.15) is 42.6 Å². The van der Waals surface area contributed by atoms with Crippen LogP contribution in [0, 0.1) is 0 Å². The van der Waals surface area contributed by atoms with Crippen LogP contribution >= 0.6 is 0 Å². The van der Waals surface area contributed by atoms with Gasteiger partial charge in [0, 0.05) is 23.5 Å². The van der Waals surface area contributed by atoms with Crippen LogP contribution in [0.3, 0.4) is 0 Å². The first-order chi connectivity index (χ1) is 12.0. The van der Waals surface area contributed by atoms with E-state index in [1.54, 1.807) is 24.3 Å². The molecule has 0 fully saturated rings. The van der Waals surface area contributed by atoms with Gasteiger partial charge in [-0.25, -0.2) is 0 Å². The molecule has 0 saturated heterocycles. The zero-order chi connectivity index (χ0) is 18.2. The van der Waals surface area contributed by atoms with E-state index in [-0.39, 0.29) is 18.4 Å². The molecule has 2 aromatic carbocycles. The third kappa shape index (κ3) is 5.64. The predicted molar refractivity (Wildman–Crippen MR) is 102 cm³/mol. The van der Waals surface area contributed by atoms with Gasteiger partial charge in [0.15, 0.2) is 0 Å². The third-order valence-corrected chi connectivity index (χ3v) is 3.78. The second-order valence-electron chi connectivity index (χ2n) is 6.12. The maximum absolute atomic E-state index is 12.1. The molecule has 2 rings (SSSR count). The Kier molecular flexibility index (Phi) is 6.57. The summed E-state index contributed by atoms with van der Waals surface area (Å²) in [4.78, 5) is 23.9. The molecule has 0 spiro atoms. The summed E-state index contributed by atoms with van der Waals surface area (Å²) in [6.45, 7) is 6.87. The average Bonchev–Trinajstić information content (AvgIpc) is 2.61. The van der Waals surface area contributed by atoms with Crippen molar-refractivity contribution in [1.82, 2.24) is 5.32 Å². The van der Waals surface area contributed by atoms with Crippen molar-refractivity contribution in [3.8, 4) is 0 Å². The van der Waals surface area contributed by atoms with E-state index >= 15 is 0 Å². The number of benzene rings is 2. The molecule has 3 N–H and O–H groups in total. The number of carbonyl (C=O) groups is 2. The van der Waals surface area contributed by atoms with Gasteiger partial charge in [-0.1, -0.05) is 32.0 Å². The summed E-state index contributed by atoms with van der Waals surface area (Å²) in [6.07, 6.45) is 0. The zero-order valence-corrected chi connectivity index (χ0v) is 14.9. The van der Waals surface area contributed by atoms with Crippen LogP contribution in [0.4, 0.5) is 11.4 Å². The summed E-state index contributed by atoms with van der Waals surface area (Å²) >= 11 is 0. The van der Waals surface area contributed by atoms with Crippen molar-refractivity contribution in [1.29, 1.82) is 0 Å². The summed E-state index contributed by atoms with van der Waals surface area (Å²) in [6, 6.07) is 14.9. The second kappa shape index (κ2) is 8.87. The van der Waals surface area contributed by atoms with Crippen LogP contribution in [0.15, 0.2) is 48.5 Å². The summed E-state index contributed by atoms with van der Waals surface area (Å²) in [5.41, 5.74) is 3.29. The molecule has 0 unspecified atom stereocenters. The highest BCUT2D eigenvalue weighted by atomic mass is 16.2. The van der Waals surface area contributed by atoms with Crippen molar-refractivity contribution in [2.24, 2.45) is 0 Å². The van der Waals surface area contributed by atoms with Crippen molar-refractivity contribution in [3.05, 3.63) is 59.7 Å². The van der Waals surface area contributed by atoms with Gasteiger partial charge in [0.05, 0.1) is 6.54 Å². The molecule has 0 saturated carbocycles. The Morgan fingerprint density at radius 2 is 1.72 bits per heavy atom. The lowest BCUT2D eigenvalue weighted by Gasteiger charge is -2.10. The molecule has 0 heterocycles. The first-order valence-electron chi connectivity index (χ1n) is 8.51. The summed E-state index contributed by atoms with van der Waals surface area (Å²) < 4.78 is 0. The highest BCUT2D eigenvalue weighted by Crippen LogP contribution is 2.17. The maximum Gasteiger partial charge on any atom is 0.251 e. The number of amides is 2. The van der Waals surface area contributed by atoms with E-state index in [9.17, 15) is 9.59 Å². The van der Waals surface area contributed by atoms with E-state index in [1.807, 2.05) is 19.1 Å².